The SMILES string of the molecule is CCOP(=O)(OCC)C1=C2CCC(=O)N2CCC1. The van der Waals surface area contributed by atoms with E-state index in [2.05, 4.69) is 0 Å². The summed E-state index contributed by atoms with van der Waals surface area (Å²) < 4.78 is 23.6. The molecule has 0 aromatic rings. The van der Waals surface area contributed by atoms with Crippen LogP contribution in [0.25, 0.3) is 0 Å². The van der Waals surface area contributed by atoms with Crippen LogP contribution in [0.5, 0.6) is 0 Å². The highest BCUT2D eigenvalue weighted by atomic mass is 31.2. The Morgan fingerprint density at radius 3 is 2.44 bits per heavy atom. The quantitative estimate of drug-likeness (QED) is 0.723. The standard InChI is InChI=1S/C12H20NO4P/c1-3-16-18(15,17-4-2)11-6-5-9-13-10(11)7-8-12(13)14/h3-9H2,1-2H3. The van der Waals surface area contributed by atoms with Crippen LogP contribution < -0.4 is 0 Å². The lowest BCUT2D eigenvalue weighted by atomic mass is 10.1. The Kier molecular flexibility index (Phi) is 4.25. The summed E-state index contributed by atoms with van der Waals surface area (Å²) in [5.41, 5.74) is 0.886. The number of fused-ring (bicyclic) bond motifs is 1. The Hall–Kier alpha value is -0.640. The summed E-state index contributed by atoms with van der Waals surface area (Å²) >= 11 is 0. The van der Waals surface area contributed by atoms with Crippen LogP contribution in [0.3, 0.4) is 0 Å². The summed E-state index contributed by atoms with van der Waals surface area (Å²) in [4.78, 5) is 13.5. The van der Waals surface area contributed by atoms with Gasteiger partial charge in [-0.05, 0) is 33.1 Å². The summed E-state index contributed by atoms with van der Waals surface area (Å²) in [6.07, 6.45) is 2.71. The van der Waals surface area contributed by atoms with Crippen molar-refractivity contribution in [3.05, 3.63) is 11.0 Å². The summed E-state index contributed by atoms with van der Waals surface area (Å²) in [6.45, 7) is 5.04. The van der Waals surface area contributed by atoms with Crippen LogP contribution in [0, 0.1) is 0 Å². The average molecular weight is 273 g/mol. The molecule has 0 N–H and O–H groups in total. The molecule has 0 radical (unpaired) electrons. The molecular weight excluding hydrogens is 253 g/mol. The molecule has 0 aromatic heterocycles. The van der Waals surface area contributed by atoms with Crippen molar-refractivity contribution < 1.29 is 18.4 Å². The molecule has 0 unspecified atom stereocenters. The van der Waals surface area contributed by atoms with Crippen LogP contribution >= 0.6 is 7.60 Å². The minimum atomic E-state index is -3.21. The molecule has 0 saturated carbocycles. The molecule has 0 aliphatic carbocycles. The predicted octanol–water partition coefficient (Wildman–Crippen LogP) is 2.88. The van der Waals surface area contributed by atoms with Crippen molar-refractivity contribution in [2.24, 2.45) is 0 Å². The minimum absolute atomic E-state index is 0.127. The van der Waals surface area contributed by atoms with E-state index in [1.54, 1.807) is 18.7 Å². The third-order valence-electron chi connectivity index (χ3n) is 3.26. The third-order valence-corrected chi connectivity index (χ3v) is 5.60. The van der Waals surface area contributed by atoms with Gasteiger partial charge in [-0.25, -0.2) is 0 Å². The molecule has 0 bridgehead atoms. The first kappa shape index (κ1) is 13.8. The highest BCUT2D eigenvalue weighted by Crippen LogP contribution is 2.60. The number of hydrogen-bond donors (Lipinski definition) is 0. The van der Waals surface area contributed by atoms with E-state index in [4.69, 9.17) is 9.05 Å². The van der Waals surface area contributed by atoms with Gasteiger partial charge >= 0.3 is 7.60 Å². The van der Waals surface area contributed by atoms with Gasteiger partial charge in [0.05, 0.1) is 18.5 Å². The Balaban J connectivity index is 2.37. The number of hydrogen-bond acceptors (Lipinski definition) is 4. The number of nitrogens with zero attached hydrogens (tertiary/aromatic N) is 1. The van der Waals surface area contributed by atoms with Crippen molar-refractivity contribution in [2.45, 2.75) is 39.5 Å². The molecule has 18 heavy (non-hydrogen) atoms. The van der Waals surface area contributed by atoms with Crippen LogP contribution in [0.2, 0.25) is 0 Å². The minimum Gasteiger partial charge on any atom is -0.316 e. The van der Waals surface area contributed by atoms with Crippen molar-refractivity contribution in [1.29, 1.82) is 0 Å². The molecule has 0 spiro atoms. The average Bonchev–Trinajstić information content (AvgIpc) is 2.72. The fourth-order valence-electron chi connectivity index (χ4n) is 2.58. The Labute approximate surface area is 108 Å². The van der Waals surface area contributed by atoms with Gasteiger partial charge in [-0.3, -0.25) is 9.36 Å². The van der Waals surface area contributed by atoms with E-state index in [1.165, 1.54) is 0 Å². The third kappa shape index (κ3) is 2.40. The molecule has 6 heteroatoms. The fourth-order valence-corrected chi connectivity index (χ4v) is 4.63. The second kappa shape index (κ2) is 5.55. The molecule has 5 nitrogen and oxygen atoms in total. The van der Waals surface area contributed by atoms with Crippen molar-refractivity contribution in [2.75, 3.05) is 19.8 Å². The highest BCUT2D eigenvalue weighted by molar-refractivity contribution is 7.58. The maximum absolute atomic E-state index is 12.8. The first-order valence-electron chi connectivity index (χ1n) is 6.54. The van der Waals surface area contributed by atoms with Crippen LogP contribution in [0.4, 0.5) is 0 Å². The van der Waals surface area contributed by atoms with Gasteiger partial charge in [0.2, 0.25) is 5.91 Å². The molecule has 0 aromatic carbocycles. The van der Waals surface area contributed by atoms with Crippen molar-refractivity contribution in [1.82, 2.24) is 4.90 Å². The monoisotopic (exact) mass is 273 g/mol. The number of amides is 1. The van der Waals surface area contributed by atoms with Gasteiger partial charge in [0, 0.05) is 18.7 Å². The van der Waals surface area contributed by atoms with Gasteiger partial charge in [-0.2, -0.15) is 0 Å². The first-order valence-corrected chi connectivity index (χ1v) is 8.08. The summed E-state index contributed by atoms with van der Waals surface area (Å²) in [5.74, 6) is 0.127. The highest BCUT2D eigenvalue weighted by Gasteiger charge is 2.39. The van der Waals surface area contributed by atoms with Gasteiger partial charge in [-0.15, -0.1) is 0 Å². The van der Waals surface area contributed by atoms with E-state index in [1.807, 2.05) is 0 Å². The van der Waals surface area contributed by atoms with Gasteiger partial charge < -0.3 is 13.9 Å². The van der Waals surface area contributed by atoms with Crippen molar-refractivity contribution >= 4 is 13.5 Å². The molecular formula is C12H20NO4P. The maximum Gasteiger partial charge on any atom is 0.359 e. The van der Waals surface area contributed by atoms with E-state index < -0.39 is 7.60 Å². The zero-order chi connectivity index (χ0) is 13.2. The van der Waals surface area contributed by atoms with Gasteiger partial charge in [-0.1, -0.05) is 0 Å². The Morgan fingerprint density at radius 1 is 1.17 bits per heavy atom. The largest absolute Gasteiger partial charge is 0.359 e. The number of rotatable bonds is 5. The lowest BCUT2D eigenvalue weighted by molar-refractivity contribution is -0.126. The molecule has 2 aliphatic heterocycles. The van der Waals surface area contributed by atoms with E-state index >= 15 is 0 Å². The number of carbonyl (C=O) groups is 1. The lowest BCUT2D eigenvalue weighted by Crippen LogP contribution is -2.28. The Bertz CT molecular complexity index is 408. The van der Waals surface area contributed by atoms with E-state index in [-0.39, 0.29) is 5.91 Å². The lowest BCUT2D eigenvalue weighted by Gasteiger charge is -2.30. The molecule has 2 heterocycles. The molecule has 0 atom stereocenters. The molecule has 1 fully saturated rings. The molecule has 2 rings (SSSR count). The van der Waals surface area contributed by atoms with Gasteiger partial charge in [0.15, 0.2) is 0 Å². The van der Waals surface area contributed by atoms with E-state index in [0.29, 0.717) is 32.5 Å². The zero-order valence-corrected chi connectivity index (χ0v) is 11.9. The summed E-state index contributed by atoms with van der Waals surface area (Å²) in [7, 11) is -3.21. The van der Waals surface area contributed by atoms with E-state index in [9.17, 15) is 9.36 Å². The number of carbonyl (C=O) groups excluding carboxylic acids is 1. The molecule has 102 valence electrons. The van der Waals surface area contributed by atoms with Crippen LogP contribution in [-0.2, 0) is 18.4 Å². The smallest absolute Gasteiger partial charge is 0.316 e. The molecule has 1 amide bonds. The van der Waals surface area contributed by atoms with Gasteiger partial charge in [0.25, 0.3) is 0 Å². The van der Waals surface area contributed by atoms with Crippen LogP contribution in [0.15, 0.2) is 11.0 Å². The fraction of sp³-hybridized carbons (Fsp3) is 0.750. The normalized spacial score (nSPS) is 20.6. The molecule has 1 saturated heterocycles. The first-order chi connectivity index (χ1) is 8.62. The summed E-state index contributed by atoms with van der Waals surface area (Å²) in [6, 6.07) is 0. The van der Waals surface area contributed by atoms with Crippen LogP contribution in [0.1, 0.15) is 39.5 Å². The molecule has 2 aliphatic rings. The Morgan fingerprint density at radius 2 is 1.83 bits per heavy atom. The maximum atomic E-state index is 12.8. The second-order valence-electron chi connectivity index (χ2n) is 4.38. The van der Waals surface area contributed by atoms with Gasteiger partial charge in [0.1, 0.15) is 0 Å². The predicted molar refractivity (Wildman–Crippen MR) is 68.1 cm³/mol. The van der Waals surface area contributed by atoms with E-state index in [0.717, 1.165) is 24.0 Å². The topological polar surface area (TPSA) is 55.8 Å². The summed E-state index contributed by atoms with van der Waals surface area (Å²) in [5, 5.41) is 0.725. The number of allylic oxidation sites excluding steroid dienone is 2. The van der Waals surface area contributed by atoms with Crippen molar-refractivity contribution in [3.63, 3.8) is 0 Å². The van der Waals surface area contributed by atoms with Crippen molar-refractivity contribution in [3.8, 4) is 0 Å². The second-order valence-corrected chi connectivity index (χ2v) is 6.43. The van der Waals surface area contributed by atoms with Crippen LogP contribution in [-0.4, -0.2) is 30.6 Å². The zero-order valence-electron chi connectivity index (χ0n) is 11.0.